The van der Waals surface area contributed by atoms with Crippen molar-refractivity contribution in [2.24, 2.45) is 7.05 Å². The average Bonchev–Trinajstić information content (AvgIpc) is 2.84. The van der Waals surface area contributed by atoms with Crippen molar-refractivity contribution in [2.75, 3.05) is 0 Å². The monoisotopic (exact) mass is 311 g/mol. The van der Waals surface area contributed by atoms with E-state index in [-0.39, 0.29) is 17.1 Å². The van der Waals surface area contributed by atoms with Crippen LogP contribution in [0.1, 0.15) is 10.4 Å². The highest BCUT2D eigenvalue weighted by Gasteiger charge is 2.07. The molecule has 0 aliphatic heterocycles. The Morgan fingerprint density at radius 2 is 2.29 bits per heavy atom. The highest BCUT2D eigenvalue weighted by molar-refractivity contribution is 8.02. The molecular weight excluding hydrogens is 300 g/mol. The molecule has 0 aliphatic rings. The van der Waals surface area contributed by atoms with Crippen LogP contribution >= 0.6 is 11.8 Å². The van der Waals surface area contributed by atoms with Crippen LogP contribution in [0.15, 0.2) is 47.2 Å². The summed E-state index contributed by atoms with van der Waals surface area (Å²) in [5, 5.41) is 9.74. The summed E-state index contributed by atoms with van der Waals surface area (Å²) in [4.78, 5) is 11.9. The largest absolute Gasteiger partial charge is 0.435 e. The van der Waals surface area contributed by atoms with E-state index in [0.29, 0.717) is 5.16 Å². The van der Waals surface area contributed by atoms with E-state index in [1.54, 1.807) is 23.4 Å². The fraction of sp³-hybridized carbons (Fsp3) is 0.154. The van der Waals surface area contributed by atoms with Gasteiger partial charge in [-0.3, -0.25) is 4.79 Å². The summed E-state index contributed by atoms with van der Waals surface area (Å²) in [5.74, 6) is -0.366. The molecule has 0 aliphatic carbocycles. The SMILES string of the molecule is Cn1cnnc1S/C=C/C(=O)c1cccc(OC(F)F)c1. The zero-order valence-corrected chi connectivity index (χ0v) is 11.8. The van der Waals surface area contributed by atoms with Gasteiger partial charge in [0.1, 0.15) is 12.1 Å². The lowest BCUT2D eigenvalue weighted by Gasteiger charge is -2.04. The van der Waals surface area contributed by atoms with Crippen LogP contribution in [0.5, 0.6) is 5.75 Å². The number of allylic oxidation sites excluding steroid dienone is 1. The van der Waals surface area contributed by atoms with Crippen LogP contribution in [-0.4, -0.2) is 27.2 Å². The van der Waals surface area contributed by atoms with Crippen LogP contribution in [-0.2, 0) is 7.05 Å². The van der Waals surface area contributed by atoms with Gasteiger partial charge in [-0.25, -0.2) is 0 Å². The summed E-state index contributed by atoms with van der Waals surface area (Å²) in [6.07, 6.45) is 2.88. The molecule has 0 bridgehead atoms. The molecular formula is C13H11F2N3O2S. The summed E-state index contributed by atoms with van der Waals surface area (Å²) in [6, 6.07) is 5.64. The third-order valence-electron chi connectivity index (χ3n) is 2.41. The number of hydrogen-bond donors (Lipinski definition) is 0. The third-order valence-corrected chi connectivity index (χ3v) is 3.26. The average molecular weight is 311 g/mol. The summed E-state index contributed by atoms with van der Waals surface area (Å²) >= 11 is 1.23. The van der Waals surface area contributed by atoms with Crippen LogP contribution < -0.4 is 4.74 Å². The van der Waals surface area contributed by atoms with Crippen molar-refractivity contribution in [1.82, 2.24) is 14.8 Å². The molecule has 0 N–H and O–H groups in total. The number of ether oxygens (including phenoxy) is 1. The number of nitrogens with zero attached hydrogens (tertiary/aromatic N) is 3. The molecule has 21 heavy (non-hydrogen) atoms. The van der Waals surface area contributed by atoms with E-state index in [4.69, 9.17) is 0 Å². The molecule has 2 rings (SSSR count). The van der Waals surface area contributed by atoms with Gasteiger partial charge in [-0.05, 0) is 23.6 Å². The van der Waals surface area contributed by atoms with Crippen molar-refractivity contribution in [3.63, 3.8) is 0 Å². The molecule has 1 aromatic carbocycles. The fourth-order valence-corrected chi connectivity index (χ4v) is 2.08. The first kappa shape index (κ1) is 15.2. The molecule has 0 atom stereocenters. The summed E-state index contributed by atoms with van der Waals surface area (Å²) in [5.41, 5.74) is 0.267. The van der Waals surface area contributed by atoms with Gasteiger partial charge in [0.05, 0.1) is 0 Å². The van der Waals surface area contributed by atoms with Gasteiger partial charge in [-0.15, -0.1) is 10.2 Å². The minimum absolute atomic E-state index is 0.0507. The number of hydrogen-bond acceptors (Lipinski definition) is 5. The number of halogens is 2. The molecule has 1 aromatic heterocycles. The van der Waals surface area contributed by atoms with Crippen LogP contribution in [0.4, 0.5) is 8.78 Å². The first-order valence-electron chi connectivity index (χ1n) is 5.82. The Bertz CT molecular complexity index is 658. The highest BCUT2D eigenvalue weighted by Crippen LogP contribution is 2.18. The van der Waals surface area contributed by atoms with E-state index >= 15 is 0 Å². The Labute approximate surface area is 123 Å². The third kappa shape index (κ3) is 4.38. The van der Waals surface area contributed by atoms with Crippen molar-refractivity contribution in [2.45, 2.75) is 11.8 Å². The molecule has 1 heterocycles. The topological polar surface area (TPSA) is 57.0 Å². The minimum atomic E-state index is -2.92. The molecule has 2 aromatic rings. The lowest BCUT2D eigenvalue weighted by molar-refractivity contribution is -0.0498. The molecule has 0 saturated carbocycles. The normalized spacial score (nSPS) is 11.2. The number of ketones is 1. The van der Waals surface area contributed by atoms with Crippen LogP contribution in [0, 0.1) is 0 Å². The number of alkyl halides is 2. The Balaban J connectivity index is 2.01. The Hall–Kier alpha value is -2.22. The number of rotatable bonds is 6. The first-order chi connectivity index (χ1) is 10.1. The standard InChI is InChI=1S/C13H11F2N3O2S/c1-18-8-16-17-13(18)21-6-5-11(19)9-3-2-4-10(7-9)20-12(14)15/h2-8,12H,1H3/b6-5+. The maximum absolute atomic E-state index is 12.1. The van der Waals surface area contributed by atoms with E-state index in [1.807, 2.05) is 0 Å². The lowest BCUT2D eigenvalue weighted by atomic mass is 10.1. The van der Waals surface area contributed by atoms with E-state index in [1.165, 1.54) is 42.1 Å². The zero-order valence-electron chi connectivity index (χ0n) is 10.9. The van der Waals surface area contributed by atoms with Gasteiger partial charge < -0.3 is 9.30 Å². The molecule has 8 heteroatoms. The van der Waals surface area contributed by atoms with Crippen LogP contribution in [0.2, 0.25) is 0 Å². The van der Waals surface area contributed by atoms with Gasteiger partial charge in [0, 0.05) is 12.6 Å². The Kier molecular flexibility index (Phi) is 5.04. The molecule has 0 saturated heterocycles. The van der Waals surface area contributed by atoms with Gasteiger partial charge >= 0.3 is 6.61 Å². The van der Waals surface area contributed by atoms with Crippen LogP contribution in [0.3, 0.4) is 0 Å². The van der Waals surface area contributed by atoms with Gasteiger partial charge in [-0.2, -0.15) is 8.78 Å². The molecule has 0 amide bonds. The smallest absolute Gasteiger partial charge is 0.387 e. The second-order valence-corrected chi connectivity index (χ2v) is 4.79. The van der Waals surface area contributed by atoms with Gasteiger partial charge in [0.2, 0.25) is 0 Å². The van der Waals surface area contributed by atoms with Crippen molar-refractivity contribution < 1.29 is 18.3 Å². The highest BCUT2D eigenvalue weighted by atomic mass is 32.2. The number of carbonyl (C=O) groups excluding carboxylic acids is 1. The van der Waals surface area contributed by atoms with E-state index in [2.05, 4.69) is 14.9 Å². The lowest BCUT2D eigenvalue weighted by Crippen LogP contribution is -2.03. The molecule has 0 unspecified atom stereocenters. The fourth-order valence-electron chi connectivity index (χ4n) is 1.46. The number of benzene rings is 1. The second-order valence-electron chi connectivity index (χ2n) is 3.92. The zero-order chi connectivity index (χ0) is 15.2. The maximum Gasteiger partial charge on any atom is 0.387 e. The molecule has 5 nitrogen and oxygen atoms in total. The quantitative estimate of drug-likeness (QED) is 0.466. The van der Waals surface area contributed by atoms with Crippen LogP contribution in [0.25, 0.3) is 0 Å². The van der Waals surface area contributed by atoms with E-state index < -0.39 is 6.61 Å². The second kappa shape index (κ2) is 6.98. The van der Waals surface area contributed by atoms with E-state index in [0.717, 1.165) is 0 Å². The minimum Gasteiger partial charge on any atom is -0.435 e. The van der Waals surface area contributed by atoms with Gasteiger partial charge in [-0.1, -0.05) is 23.9 Å². The van der Waals surface area contributed by atoms with Gasteiger partial charge in [0.25, 0.3) is 0 Å². The number of aryl methyl sites for hydroxylation is 1. The van der Waals surface area contributed by atoms with Gasteiger partial charge in [0.15, 0.2) is 10.9 Å². The van der Waals surface area contributed by atoms with Crippen molar-refractivity contribution in [3.8, 4) is 5.75 Å². The van der Waals surface area contributed by atoms with Crippen molar-refractivity contribution in [1.29, 1.82) is 0 Å². The van der Waals surface area contributed by atoms with Crippen molar-refractivity contribution in [3.05, 3.63) is 47.6 Å². The number of thioether (sulfide) groups is 1. The van der Waals surface area contributed by atoms with E-state index in [9.17, 15) is 13.6 Å². The summed E-state index contributed by atoms with van der Waals surface area (Å²) < 4.78 is 30.2. The van der Waals surface area contributed by atoms with Crippen molar-refractivity contribution >= 4 is 17.5 Å². The molecule has 0 spiro atoms. The number of aromatic nitrogens is 3. The predicted octanol–water partition coefficient (Wildman–Crippen LogP) is 2.91. The molecule has 0 fully saturated rings. The molecule has 110 valence electrons. The number of carbonyl (C=O) groups is 1. The maximum atomic E-state index is 12.1. The predicted molar refractivity (Wildman–Crippen MR) is 73.4 cm³/mol. The first-order valence-corrected chi connectivity index (χ1v) is 6.70. The summed E-state index contributed by atoms with van der Waals surface area (Å²) in [6.45, 7) is -2.92. The Morgan fingerprint density at radius 3 is 2.95 bits per heavy atom. The Morgan fingerprint density at radius 1 is 1.48 bits per heavy atom. The molecule has 0 radical (unpaired) electrons. The summed E-state index contributed by atoms with van der Waals surface area (Å²) in [7, 11) is 1.78.